The molecular weight excluding hydrogens is 306 g/mol. The van der Waals surface area contributed by atoms with Gasteiger partial charge in [0.2, 0.25) is 0 Å². The Kier molecular flexibility index (Phi) is 4.48. The van der Waals surface area contributed by atoms with Crippen LogP contribution in [0.4, 0.5) is 5.69 Å². The van der Waals surface area contributed by atoms with Crippen molar-refractivity contribution in [1.82, 2.24) is 10.3 Å². The molecule has 0 saturated carbocycles. The molecule has 0 fully saturated rings. The quantitative estimate of drug-likeness (QED) is 0.635. The molecule has 0 bridgehead atoms. The van der Waals surface area contributed by atoms with Crippen LogP contribution in [-0.2, 0) is 6.54 Å². The number of thiocarbonyl (C=S) groups is 1. The van der Waals surface area contributed by atoms with E-state index in [9.17, 15) is 0 Å². The van der Waals surface area contributed by atoms with Crippen molar-refractivity contribution in [2.45, 2.75) is 13.5 Å². The van der Waals surface area contributed by atoms with Crippen LogP contribution >= 0.6 is 12.2 Å². The van der Waals surface area contributed by atoms with E-state index >= 15 is 0 Å². The Balaban J connectivity index is 1.63. The van der Waals surface area contributed by atoms with Gasteiger partial charge in [-0.2, -0.15) is 0 Å². The molecule has 0 radical (unpaired) electrons. The molecule has 1 aromatic heterocycles. The van der Waals surface area contributed by atoms with Crippen molar-refractivity contribution >= 4 is 33.9 Å². The zero-order valence-corrected chi connectivity index (χ0v) is 14.0. The largest absolute Gasteiger partial charge is 0.495 e. The zero-order valence-electron chi connectivity index (χ0n) is 13.1. The highest BCUT2D eigenvalue weighted by Gasteiger charge is 2.04. The number of aryl methyl sites for hydroxylation is 1. The molecule has 0 unspecified atom stereocenters. The van der Waals surface area contributed by atoms with Crippen molar-refractivity contribution in [3.63, 3.8) is 0 Å². The highest BCUT2D eigenvalue weighted by atomic mass is 32.1. The zero-order chi connectivity index (χ0) is 16.2. The summed E-state index contributed by atoms with van der Waals surface area (Å²) >= 11 is 5.36. The van der Waals surface area contributed by atoms with Gasteiger partial charge < -0.3 is 20.4 Å². The lowest BCUT2D eigenvalue weighted by Crippen LogP contribution is -2.28. The summed E-state index contributed by atoms with van der Waals surface area (Å²) in [5.74, 6) is 0.765. The Morgan fingerprint density at radius 3 is 2.83 bits per heavy atom. The Labute approximate surface area is 140 Å². The average Bonchev–Trinajstić information content (AvgIpc) is 2.92. The molecule has 0 aliphatic carbocycles. The van der Waals surface area contributed by atoms with Gasteiger partial charge >= 0.3 is 0 Å². The van der Waals surface area contributed by atoms with Crippen LogP contribution in [0.25, 0.3) is 10.9 Å². The van der Waals surface area contributed by atoms with Gasteiger partial charge in [0.15, 0.2) is 5.11 Å². The fourth-order valence-electron chi connectivity index (χ4n) is 2.53. The average molecular weight is 325 g/mol. The van der Waals surface area contributed by atoms with E-state index in [4.69, 9.17) is 17.0 Å². The molecule has 3 aromatic rings. The van der Waals surface area contributed by atoms with Crippen LogP contribution in [0.2, 0.25) is 0 Å². The molecule has 3 N–H and O–H groups in total. The van der Waals surface area contributed by atoms with Gasteiger partial charge in [0.1, 0.15) is 5.75 Å². The lowest BCUT2D eigenvalue weighted by Gasteiger charge is -2.13. The van der Waals surface area contributed by atoms with Crippen molar-refractivity contribution in [3.05, 3.63) is 59.8 Å². The van der Waals surface area contributed by atoms with Crippen molar-refractivity contribution in [3.8, 4) is 5.75 Å². The fraction of sp³-hybridized carbons (Fsp3) is 0.167. The van der Waals surface area contributed by atoms with Gasteiger partial charge in [0, 0.05) is 17.8 Å². The van der Waals surface area contributed by atoms with E-state index in [2.05, 4.69) is 46.8 Å². The van der Waals surface area contributed by atoms with Crippen LogP contribution in [-0.4, -0.2) is 17.2 Å². The lowest BCUT2D eigenvalue weighted by atomic mass is 10.1. The third kappa shape index (κ3) is 3.63. The van der Waals surface area contributed by atoms with Crippen molar-refractivity contribution in [2.75, 3.05) is 12.4 Å². The Morgan fingerprint density at radius 1 is 1.17 bits per heavy atom. The normalized spacial score (nSPS) is 10.5. The lowest BCUT2D eigenvalue weighted by molar-refractivity contribution is 0.417. The maximum Gasteiger partial charge on any atom is 0.171 e. The highest BCUT2D eigenvalue weighted by molar-refractivity contribution is 7.80. The van der Waals surface area contributed by atoms with E-state index in [1.807, 2.05) is 24.3 Å². The maximum absolute atomic E-state index is 5.36. The Hall–Kier alpha value is -2.53. The second-order valence-corrected chi connectivity index (χ2v) is 5.79. The van der Waals surface area contributed by atoms with Crippen LogP contribution < -0.4 is 15.4 Å². The summed E-state index contributed by atoms with van der Waals surface area (Å²) in [5.41, 5.74) is 4.35. The summed E-state index contributed by atoms with van der Waals surface area (Å²) in [4.78, 5) is 3.32. The molecular formula is C18H19N3OS. The highest BCUT2D eigenvalue weighted by Crippen LogP contribution is 2.23. The number of hydrogen-bond donors (Lipinski definition) is 3. The number of fused-ring (bicyclic) bond motifs is 1. The summed E-state index contributed by atoms with van der Waals surface area (Å²) < 4.78 is 5.31. The number of hydrogen-bond acceptors (Lipinski definition) is 2. The summed E-state index contributed by atoms with van der Waals surface area (Å²) in [5, 5.41) is 8.17. The first-order chi connectivity index (χ1) is 11.2. The number of benzene rings is 2. The minimum absolute atomic E-state index is 0.569. The van der Waals surface area contributed by atoms with Gasteiger partial charge in [0.25, 0.3) is 0 Å². The molecule has 0 aliphatic rings. The first-order valence-electron chi connectivity index (χ1n) is 7.42. The second kappa shape index (κ2) is 6.71. The van der Waals surface area contributed by atoms with Gasteiger partial charge in [-0.25, -0.2) is 0 Å². The molecule has 4 nitrogen and oxygen atoms in total. The molecule has 3 rings (SSSR count). The van der Waals surface area contributed by atoms with Gasteiger partial charge in [0.05, 0.1) is 12.8 Å². The van der Waals surface area contributed by atoms with Crippen LogP contribution in [0.3, 0.4) is 0 Å². The van der Waals surface area contributed by atoms with Crippen molar-refractivity contribution in [2.24, 2.45) is 0 Å². The molecule has 118 valence electrons. The van der Waals surface area contributed by atoms with Gasteiger partial charge in [-0.15, -0.1) is 0 Å². The van der Waals surface area contributed by atoms with Crippen LogP contribution in [0.15, 0.2) is 48.5 Å². The molecule has 0 saturated heterocycles. The molecule has 23 heavy (non-hydrogen) atoms. The number of methoxy groups -OCH3 is 1. The van der Waals surface area contributed by atoms with Crippen molar-refractivity contribution in [1.29, 1.82) is 0 Å². The second-order valence-electron chi connectivity index (χ2n) is 5.38. The van der Waals surface area contributed by atoms with E-state index in [0.717, 1.165) is 17.0 Å². The molecule has 2 aromatic carbocycles. The van der Waals surface area contributed by atoms with E-state index in [1.54, 1.807) is 7.11 Å². The predicted molar refractivity (Wildman–Crippen MR) is 99.1 cm³/mol. The first-order valence-corrected chi connectivity index (χ1v) is 7.82. The van der Waals surface area contributed by atoms with Gasteiger partial charge in [-0.1, -0.05) is 18.2 Å². The van der Waals surface area contributed by atoms with E-state index < -0.39 is 0 Å². The minimum Gasteiger partial charge on any atom is -0.495 e. The number of anilines is 1. The molecule has 0 spiro atoms. The Bertz CT molecular complexity index is 841. The Morgan fingerprint density at radius 2 is 2.00 bits per heavy atom. The number of ether oxygens (including phenoxy) is 1. The van der Waals surface area contributed by atoms with Crippen molar-refractivity contribution < 1.29 is 4.74 Å². The SMILES string of the molecule is COc1ccccc1NC(=S)NCc1ccc2[nH]c(C)cc2c1. The molecule has 0 aliphatic heterocycles. The van der Waals surface area contributed by atoms with E-state index in [-0.39, 0.29) is 0 Å². The molecule has 0 atom stereocenters. The van der Waals surface area contributed by atoms with Gasteiger partial charge in [-0.3, -0.25) is 0 Å². The number of rotatable bonds is 4. The monoisotopic (exact) mass is 325 g/mol. The number of aromatic nitrogens is 1. The standard InChI is InChI=1S/C18H19N3OS/c1-12-9-14-10-13(7-8-15(14)20-12)11-19-18(23)21-16-5-3-4-6-17(16)22-2/h3-10,20H,11H2,1-2H3,(H2,19,21,23). The summed E-state index contributed by atoms with van der Waals surface area (Å²) in [6.07, 6.45) is 0. The summed E-state index contributed by atoms with van der Waals surface area (Å²) in [6.45, 7) is 2.73. The molecule has 5 heteroatoms. The third-order valence-corrected chi connectivity index (χ3v) is 3.87. The first kappa shape index (κ1) is 15.4. The number of aromatic amines is 1. The smallest absolute Gasteiger partial charge is 0.171 e. The van der Waals surface area contributed by atoms with Crippen LogP contribution in [0.1, 0.15) is 11.3 Å². The summed E-state index contributed by atoms with van der Waals surface area (Å²) in [6, 6.07) is 16.2. The summed E-state index contributed by atoms with van der Waals surface area (Å²) in [7, 11) is 1.64. The van der Waals surface area contributed by atoms with Crippen LogP contribution in [0.5, 0.6) is 5.75 Å². The van der Waals surface area contributed by atoms with Crippen LogP contribution in [0, 0.1) is 6.92 Å². The number of H-pyrrole nitrogens is 1. The number of para-hydroxylation sites is 2. The number of nitrogens with one attached hydrogen (secondary N) is 3. The van der Waals surface area contributed by atoms with E-state index in [0.29, 0.717) is 11.7 Å². The predicted octanol–water partition coefficient (Wildman–Crippen LogP) is 3.97. The topological polar surface area (TPSA) is 49.1 Å². The molecule has 1 heterocycles. The van der Waals surface area contributed by atoms with Gasteiger partial charge in [-0.05, 0) is 60.4 Å². The van der Waals surface area contributed by atoms with E-state index in [1.165, 1.54) is 16.6 Å². The molecule has 0 amide bonds. The maximum atomic E-state index is 5.36. The fourth-order valence-corrected chi connectivity index (χ4v) is 2.72. The third-order valence-electron chi connectivity index (χ3n) is 3.63. The minimum atomic E-state index is 0.569.